The maximum absolute atomic E-state index is 12.7. The Morgan fingerprint density at radius 1 is 1.50 bits per heavy atom. The van der Waals surface area contributed by atoms with Gasteiger partial charge in [0, 0.05) is 6.61 Å². The number of hydrogen-bond donors (Lipinski definition) is 1. The summed E-state index contributed by atoms with van der Waals surface area (Å²) in [6, 6.07) is 4.25. The normalized spacial score (nSPS) is 10.1. The van der Waals surface area contributed by atoms with Crippen molar-refractivity contribution in [2.24, 2.45) is 0 Å². The van der Waals surface area contributed by atoms with E-state index in [1.807, 2.05) is 6.92 Å². The summed E-state index contributed by atoms with van der Waals surface area (Å²) in [7, 11) is 0. The van der Waals surface area contributed by atoms with E-state index in [1.165, 1.54) is 18.2 Å². The first-order valence-electron chi connectivity index (χ1n) is 5.22. The lowest BCUT2D eigenvalue weighted by atomic mass is 10.4. The van der Waals surface area contributed by atoms with Crippen LogP contribution in [0.3, 0.4) is 0 Å². The van der Waals surface area contributed by atoms with Crippen LogP contribution < -0.4 is 5.32 Å². The highest BCUT2D eigenvalue weighted by Crippen LogP contribution is 2.03. The zero-order valence-electron chi connectivity index (χ0n) is 9.20. The molecule has 1 aromatic rings. The van der Waals surface area contributed by atoms with E-state index in [0.717, 1.165) is 6.42 Å². The van der Waals surface area contributed by atoms with Gasteiger partial charge in [0.1, 0.15) is 5.82 Å². The number of carbonyl (C=O) groups is 1. The number of amides is 1. The molecule has 1 aromatic heterocycles. The minimum Gasteiger partial charge on any atom is -0.381 e. The summed E-state index contributed by atoms with van der Waals surface area (Å²) in [5.74, 6) is -0.616. The zero-order valence-corrected chi connectivity index (χ0v) is 9.20. The number of hydrogen-bond acceptors (Lipinski definition) is 3. The van der Waals surface area contributed by atoms with Crippen LogP contribution in [0.4, 0.5) is 10.2 Å². The molecule has 0 aliphatic heterocycles. The lowest BCUT2D eigenvalue weighted by Crippen LogP contribution is -2.15. The van der Waals surface area contributed by atoms with Crippen LogP contribution in [-0.4, -0.2) is 24.1 Å². The highest BCUT2D eigenvalue weighted by atomic mass is 19.1. The minimum atomic E-state index is -0.611. The lowest BCUT2D eigenvalue weighted by molar-refractivity contribution is -0.117. The van der Waals surface area contributed by atoms with Crippen molar-refractivity contribution in [1.82, 2.24) is 4.98 Å². The summed E-state index contributed by atoms with van der Waals surface area (Å²) in [5, 5.41) is 2.49. The van der Waals surface area contributed by atoms with Crippen LogP contribution >= 0.6 is 0 Å². The molecule has 88 valence electrons. The molecule has 0 fully saturated rings. The molecule has 1 rings (SSSR count). The van der Waals surface area contributed by atoms with Gasteiger partial charge in [-0.3, -0.25) is 4.79 Å². The van der Waals surface area contributed by atoms with E-state index in [9.17, 15) is 9.18 Å². The van der Waals surface area contributed by atoms with Crippen molar-refractivity contribution in [2.45, 2.75) is 19.8 Å². The first-order valence-corrected chi connectivity index (χ1v) is 5.22. The summed E-state index contributed by atoms with van der Waals surface area (Å²) in [6.45, 7) is 3.01. The Balaban J connectivity index is 2.29. The third-order valence-electron chi connectivity index (χ3n) is 1.80. The van der Waals surface area contributed by atoms with Gasteiger partial charge < -0.3 is 10.1 Å². The number of rotatable bonds is 6. The fourth-order valence-electron chi connectivity index (χ4n) is 1.09. The zero-order chi connectivity index (χ0) is 11.8. The van der Waals surface area contributed by atoms with Crippen LogP contribution in [0.25, 0.3) is 0 Å². The second-order valence-electron chi connectivity index (χ2n) is 3.26. The Labute approximate surface area is 93.8 Å². The molecule has 1 heterocycles. The Morgan fingerprint density at radius 2 is 2.31 bits per heavy atom. The fourth-order valence-corrected chi connectivity index (χ4v) is 1.09. The Hall–Kier alpha value is -1.49. The van der Waals surface area contributed by atoms with Crippen LogP contribution in [0, 0.1) is 5.95 Å². The Bertz CT molecular complexity index is 345. The first kappa shape index (κ1) is 12.6. The smallest absolute Gasteiger partial charge is 0.227 e. The molecule has 0 aromatic carbocycles. The maximum atomic E-state index is 12.7. The molecule has 0 atom stereocenters. The predicted octanol–water partition coefficient (Wildman–Crippen LogP) is 1.98. The highest BCUT2D eigenvalue weighted by Gasteiger charge is 2.03. The van der Waals surface area contributed by atoms with E-state index in [4.69, 9.17) is 4.74 Å². The summed E-state index contributed by atoms with van der Waals surface area (Å²) in [5.41, 5.74) is 0. The first-order chi connectivity index (χ1) is 7.72. The summed E-state index contributed by atoms with van der Waals surface area (Å²) >= 11 is 0. The monoisotopic (exact) mass is 226 g/mol. The molecule has 5 heteroatoms. The highest BCUT2D eigenvalue weighted by molar-refractivity contribution is 5.89. The average Bonchev–Trinajstić information content (AvgIpc) is 2.24. The van der Waals surface area contributed by atoms with Gasteiger partial charge >= 0.3 is 0 Å². The van der Waals surface area contributed by atoms with Crippen molar-refractivity contribution < 1.29 is 13.9 Å². The molecule has 0 radical (unpaired) electrons. The van der Waals surface area contributed by atoms with Gasteiger partial charge in [0.2, 0.25) is 11.9 Å². The van der Waals surface area contributed by atoms with Crippen LogP contribution in [-0.2, 0) is 9.53 Å². The molecule has 0 unspecified atom stereocenters. The van der Waals surface area contributed by atoms with E-state index >= 15 is 0 Å². The molecule has 0 spiro atoms. The van der Waals surface area contributed by atoms with Gasteiger partial charge in [0.15, 0.2) is 0 Å². The van der Waals surface area contributed by atoms with E-state index in [-0.39, 0.29) is 18.1 Å². The van der Waals surface area contributed by atoms with E-state index in [0.29, 0.717) is 13.2 Å². The maximum Gasteiger partial charge on any atom is 0.227 e. The standard InChI is InChI=1S/C11H15FN2O2/c1-2-7-16-8-6-11(15)14-10-5-3-4-9(12)13-10/h3-5H,2,6-8H2,1H3,(H,13,14,15). The molecular formula is C11H15FN2O2. The van der Waals surface area contributed by atoms with Crippen molar-refractivity contribution >= 4 is 11.7 Å². The Morgan fingerprint density at radius 3 is 3.00 bits per heavy atom. The van der Waals surface area contributed by atoms with E-state index < -0.39 is 5.95 Å². The topological polar surface area (TPSA) is 51.2 Å². The third kappa shape index (κ3) is 4.84. The number of anilines is 1. The third-order valence-corrected chi connectivity index (χ3v) is 1.80. The van der Waals surface area contributed by atoms with Crippen LogP contribution in [0.5, 0.6) is 0 Å². The molecule has 1 N–H and O–H groups in total. The number of ether oxygens (including phenoxy) is 1. The van der Waals surface area contributed by atoms with E-state index in [1.54, 1.807) is 0 Å². The second kappa shape index (κ2) is 6.90. The summed E-state index contributed by atoms with van der Waals surface area (Å²) in [4.78, 5) is 14.9. The molecule has 4 nitrogen and oxygen atoms in total. The Kier molecular flexibility index (Phi) is 5.42. The minimum absolute atomic E-state index is 0.223. The van der Waals surface area contributed by atoms with Gasteiger partial charge in [0.25, 0.3) is 0 Å². The van der Waals surface area contributed by atoms with Crippen LogP contribution in [0.2, 0.25) is 0 Å². The number of pyridine rings is 1. The summed E-state index contributed by atoms with van der Waals surface area (Å²) in [6.07, 6.45) is 1.17. The van der Waals surface area contributed by atoms with Gasteiger partial charge in [0.05, 0.1) is 13.0 Å². The van der Waals surface area contributed by atoms with Gasteiger partial charge in [-0.2, -0.15) is 4.39 Å². The number of nitrogens with one attached hydrogen (secondary N) is 1. The number of nitrogens with zero attached hydrogens (tertiary/aromatic N) is 1. The lowest BCUT2D eigenvalue weighted by Gasteiger charge is -2.04. The second-order valence-corrected chi connectivity index (χ2v) is 3.26. The van der Waals surface area contributed by atoms with E-state index in [2.05, 4.69) is 10.3 Å². The van der Waals surface area contributed by atoms with Crippen molar-refractivity contribution in [1.29, 1.82) is 0 Å². The largest absolute Gasteiger partial charge is 0.381 e. The quantitative estimate of drug-likeness (QED) is 0.596. The number of halogens is 1. The summed E-state index contributed by atoms with van der Waals surface area (Å²) < 4.78 is 17.8. The molecule has 1 amide bonds. The molecule has 16 heavy (non-hydrogen) atoms. The van der Waals surface area contributed by atoms with Gasteiger partial charge in [-0.05, 0) is 18.6 Å². The molecule has 0 aliphatic carbocycles. The molecule has 0 saturated heterocycles. The molecule has 0 saturated carbocycles. The molecule has 0 aliphatic rings. The number of carbonyl (C=O) groups excluding carboxylic acids is 1. The fraction of sp³-hybridized carbons (Fsp3) is 0.455. The predicted molar refractivity (Wildman–Crippen MR) is 58.6 cm³/mol. The number of aromatic nitrogens is 1. The van der Waals surface area contributed by atoms with Crippen LogP contribution in [0.1, 0.15) is 19.8 Å². The van der Waals surface area contributed by atoms with Crippen molar-refractivity contribution in [3.8, 4) is 0 Å². The van der Waals surface area contributed by atoms with Gasteiger partial charge in [-0.15, -0.1) is 0 Å². The van der Waals surface area contributed by atoms with Crippen LogP contribution in [0.15, 0.2) is 18.2 Å². The van der Waals surface area contributed by atoms with Crippen molar-refractivity contribution in [3.63, 3.8) is 0 Å². The van der Waals surface area contributed by atoms with Crippen molar-refractivity contribution in [2.75, 3.05) is 18.5 Å². The van der Waals surface area contributed by atoms with Gasteiger partial charge in [-0.25, -0.2) is 4.98 Å². The SMILES string of the molecule is CCCOCCC(=O)Nc1cccc(F)n1. The molecule has 0 bridgehead atoms. The average molecular weight is 226 g/mol. The van der Waals surface area contributed by atoms with Crippen molar-refractivity contribution in [3.05, 3.63) is 24.1 Å². The van der Waals surface area contributed by atoms with Gasteiger partial charge in [-0.1, -0.05) is 13.0 Å². The molecular weight excluding hydrogens is 211 g/mol.